The zero-order chi connectivity index (χ0) is 12.6. The van der Waals surface area contributed by atoms with Crippen molar-refractivity contribution in [3.8, 4) is 5.75 Å². The molecule has 0 atom stereocenters. The van der Waals surface area contributed by atoms with Gasteiger partial charge in [-0.2, -0.15) is 0 Å². The largest absolute Gasteiger partial charge is 0.493 e. The minimum atomic E-state index is -0.655. The molecule has 0 radical (unpaired) electrons. The highest BCUT2D eigenvalue weighted by Crippen LogP contribution is 2.34. The molecular formula is C11H9ClFNO3. The van der Waals surface area contributed by atoms with Crippen LogP contribution in [0.3, 0.4) is 0 Å². The third-order valence-corrected chi connectivity index (χ3v) is 2.66. The number of carbonyl (C=O) groups is 1. The summed E-state index contributed by atoms with van der Waals surface area (Å²) in [6.45, 7) is 0. The topological polar surface area (TPSA) is 51.3 Å². The number of hydrogen-bond acceptors (Lipinski definition) is 3. The number of carbonyl (C=O) groups excluding carboxylic acids is 1. The van der Waals surface area contributed by atoms with Crippen molar-refractivity contribution in [2.75, 3.05) is 14.2 Å². The van der Waals surface area contributed by atoms with Gasteiger partial charge >= 0.3 is 5.97 Å². The summed E-state index contributed by atoms with van der Waals surface area (Å²) < 4.78 is 23.1. The Balaban J connectivity index is 2.72. The summed E-state index contributed by atoms with van der Waals surface area (Å²) in [6.07, 6.45) is 0. The Morgan fingerprint density at radius 1 is 1.41 bits per heavy atom. The van der Waals surface area contributed by atoms with E-state index >= 15 is 0 Å². The number of fused-ring (bicyclic) bond motifs is 1. The van der Waals surface area contributed by atoms with Crippen molar-refractivity contribution in [2.24, 2.45) is 0 Å². The van der Waals surface area contributed by atoms with Crippen LogP contribution >= 0.6 is 11.6 Å². The molecule has 1 aromatic carbocycles. The minimum Gasteiger partial charge on any atom is -0.493 e. The Labute approximate surface area is 101 Å². The predicted octanol–water partition coefficient (Wildman–Crippen LogP) is 2.76. The number of esters is 1. The predicted molar refractivity (Wildman–Crippen MR) is 61.2 cm³/mol. The summed E-state index contributed by atoms with van der Waals surface area (Å²) in [5.41, 5.74) is 0.719. The van der Waals surface area contributed by atoms with Gasteiger partial charge in [-0.3, -0.25) is 0 Å². The number of hydrogen-bond donors (Lipinski definition) is 1. The fourth-order valence-electron chi connectivity index (χ4n) is 1.61. The third kappa shape index (κ3) is 1.82. The van der Waals surface area contributed by atoms with Crippen molar-refractivity contribution in [3.05, 3.63) is 28.7 Å². The second-order valence-corrected chi connectivity index (χ2v) is 3.75. The van der Waals surface area contributed by atoms with E-state index in [1.807, 2.05) is 0 Å². The average Bonchev–Trinajstić information content (AvgIpc) is 2.73. The molecule has 0 saturated heterocycles. The summed E-state index contributed by atoms with van der Waals surface area (Å²) >= 11 is 5.70. The van der Waals surface area contributed by atoms with E-state index in [1.165, 1.54) is 26.4 Å². The van der Waals surface area contributed by atoms with Crippen LogP contribution in [0.2, 0.25) is 5.02 Å². The highest BCUT2D eigenvalue weighted by Gasteiger charge is 2.17. The first kappa shape index (κ1) is 11.7. The molecule has 1 N–H and O–H groups in total. The van der Waals surface area contributed by atoms with E-state index in [0.29, 0.717) is 10.9 Å². The van der Waals surface area contributed by atoms with Crippen LogP contribution < -0.4 is 4.74 Å². The van der Waals surface area contributed by atoms with Gasteiger partial charge in [0.15, 0.2) is 11.6 Å². The van der Waals surface area contributed by atoms with Crippen LogP contribution in [0, 0.1) is 5.82 Å². The fraction of sp³-hybridized carbons (Fsp3) is 0.182. The molecule has 0 fully saturated rings. The van der Waals surface area contributed by atoms with Gasteiger partial charge in [0.05, 0.1) is 24.8 Å². The number of aromatic nitrogens is 1. The molecular weight excluding hydrogens is 249 g/mol. The maximum absolute atomic E-state index is 13.6. The van der Waals surface area contributed by atoms with E-state index in [2.05, 4.69) is 9.72 Å². The Bertz CT molecular complexity index is 594. The SMILES string of the molecule is COC(=O)c1cc2c(OC)c(F)c(Cl)cc2[nH]1. The quantitative estimate of drug-likeness (QED) is 0.842. The van der Waals surface area contributed by atoms with Crippen molar-refractivity contribution < 1.29 is 18.7 Å². The lowest BCUT2D eigenvalue weighted by atomic mass is 10.2. The van der Waals surface area contributed by atoms with E-state index < -0.39 is 11.8 Å². The van der Waals surface area contributed by atoms with Gasteiger partial charge in [0, 0.05) is 5.39 Å². The standard InChI is InChI=1S/C11H9ClFNO3/c1-16-10-5-3-8(11(15)17-2)14-7(5)4-6(12)9(10)13/h3-4,14H,1-2H3. The highest BCUT2D eigenvalue weighted by molar-refractivity contribution is 6.31. The second kappa shape index (κ2) is 4.25. The number of H-pyrrole nitrogens is 1. The highest BCUT2D eigenvalue weighted by atomic mass is 35.5. The lowest BCUT2D eigenvalue weighted by Gasteiger charge is -2.04. The van der Waals surface area contributed by atoms with E-state index in [0.717, 1.165) is 0 Å². The van der Waals surface area contributed by atoms with Crippen molar-refractivity contribution in [1.82, 2.24) is 4.98 Å². The maximum atomic E-state index is 13.6. The van der Waals surface area contributed by atoms with Gasteiger partial charge in [0.25, 0.3) is 0 Å². The van der Waals surface area contributed by atoms with Crippen molar-refractivity contribution in [1.29, 1.82) is 0 Å². The molecule has 90 valence electrons. The van der Waals surface area contributed by atoms with Gasteiger partial charge in [-0.25, -0.2) is 9.18 Å². The molecule has 0 aliphatic rings. The van der Waals surface area contributed by atoms with Crippen LogP contribution in [-0.4, -0.2) is 25.2 Å². The first-order valence-electron chi connectivity index (χ1n) is 4.71. The van der Waals surface area contributed by atoms with Crippen molar-refractivity contribution in [2.45, 2.75) is 0 Å². The number of ether oxygens (including phenoxy) is 2. The van der Waals surface area contributed by atoms with Gasteiger partial charge in [0.2, 0.25) is 0 Å². The molecule has 1 aromatic heterocycles. The second-order valence-electron chi connectivity index (χ2n) is 3.34. The van der Waals surface area contributed by atoms with Gasteiger partial charge in [-0.05, 0) is 12.1 Å². The van der Waals surface area contributed by atoms with Gasteiger partial charge in [-0.1, -0.05) is 11.6 Å². The number of methoxy groups -OCH3 is 2. The molecule has 0 amide bonds. The number of rotatable bonds is 2. The molecule has 0 saturated carbocycles. The first-order chi connectivity index (χ1) is 8.08. The molecule has 6 heteroatoms. The summed E-state index contributed by atoms with van der Waals surface area (Å²) in [7, 11) is 2.59. The fourth-order valence-corrected chi connectivity index (χ4v) is 1.80. The molecule has 0 aliphatic carbocycles. The Hall–Kier alpha value is -1.75. The monoisotopic (exact) mass is 257 g/mol. The normalized spacial score (nSPS) is 10.6. The first-order valence-corrected chi connectivity index (χ1v) is 5.09. The summed E-state index contributed by atoms with van der Waals surface area (Å²) in [6, 6.07) is 2.85. The molecule has 1 heterocycles. The van der Waals surface area contributed by atoms with Crippen LogP contribution in [0.4, 0.5) is 4.39 Å². The molecule has 0 aliphatic heterocycles. The smallest absolute Gasteiger partial charge is 0.354 e. The number of benzene rings is 1. The minimum absolute atomic E-state index is 0.00102. The molecule has 2 aromatic rings. The van der Waals surface area contributed by atoms with Gasteiger partial charge < -0.3 is 14.5 Å². The van der Waals surface area contributed by atoms with E-state index in [-0.39, 0.29) is 16.5 Å². The molecule has 0 bridgehead atoms. The molecule has 0 spiro atoms. The zero-order valence-corrected chi connectivity index (χ0v) is 9.89. The molecule has 2 rings (SSSR count). The summed E-state index contributed by atoms with van der Waals surface area (Å²) in [5.74, 6) is -1.20. The van der Waals surface area contributed by atoms with Crippen LogP contribution in [0.25, 0.3) is 10.9 Å². The van der Waals surface area contributed by atoms with E-state index in [1.54, 1.807) is 0 Å². The number of aromatic amines is 1. The van der Waals surface area contributed by atoms with Crippen LogP contribution in [0.15, 0.2) is 12.1 Å². The van der Waals surface area contributed by atoms with Crippen LogP contribution in [0.5, 0.6) is 5.75 Å². The molecule has 17 heavy (non-hydrogen) atoms. The Morgan fingerprint density at radius 2 is 2.12 bits per heavy atom. The van der Waals surface area contributed by atoms with Crippen LogP contribution in [-0.2, 0) is 4.74 Å². The zero-order valence-electron chi connectivity index (χ0n) is 9.14. The lowest BCUT2D eigenvalue weighted by Crippen LogP contribution is -2.00. The third-order valence-electron chi connectivity index (χ3n) is 2.38. The average molecular weight is 258 g/mol. The Kier molecular flexibility index (Phi) is 2.93. The number of nitrogens with one attached hydrogen (secondary N) is 1. The summed E-state index contributed by atoms with van der Waals surface area (Å²) in [4.78, 5) is 14.1. The summed E-state index contributed by atoms with van der Waals surface area (Å²) in [5, 5.41) is 0.363. The van der Waals surface area contributed by atoms with Crippen LogP contribution in [0.1, 0.15) is 10.5 Å². The Morgan fingerprint density at radius 3 is 2.71 bits per heavy atom. The molecule has 0 unspecified atom stereocenters. The van der Waals surface area contributed by atoms with Gasteiger partial charge in [-0.15, -0.1) is 0 Å². The molecule has 4 nitrogen and oxygen atoms in total. The van der Waals surface area contributed by atoms with Crippen molar-refractivity contribution >= 4 is 28.5 Å². The van der Waals surface area contributed by atoms with Crippen molar-refractivity contribution in [3.63, 3.8) is 0 Å². The van der Waals surface area contributed by atoms with E-state index in [9.17, 15) is 9.18 Å². The van der Waals surface area contributed by atoms with E-state index in [4.69, 9.17) is 16.3 Å². The maximum Gasteiger partial charge on any atom is 0.354 e. The lowest BCUT2D eigenvalue weighted by molar-refractivity contribution is 0.0595. The number of halogens is 2. The van der Waals surface area contributed by atoms with Gasteiger partial charge in [0.1, 0.15) is 5.69 Å².